The topological polar surface area (TPSA) is 74.2 Å². The van der Waals surface area contributed by atoms with Gasteiger partial charge in [-0.25, -0.2) is 9.78 Å². The number of carbonyl (C=O) groups is 1. The summed E-state index contributed by atoms with van der Waals surface area (Å²) in [5.74, 6) is 0. The largest absolute Gasteiger partial charge is 0.396 e. The van der Waals surface area contributed by atoms with Gasteiger partial charge in [-0.05, 0) is 19.8 Å². The minimum atomic E-state index is -0.213. The first kappa shape index (κ1) is 17.9. The highest BCUT2D eigenvalue weighted by molar-refractivity contribution is 7.09. The predicted molar refractivity (Wildman–Crippen MR) is 86.7 cm³/mol. The Kier molecular flexibility index (Phi) is 6.61. The smallest absolute Gasteiger partial charge is 0.315 e. The van der Waals surface area contributed by atoms with Crippen molar-refractivity contribution in [2.45, 2.75) is 65.0 Å². The molecule has 0 radical (unpaired) electrons. The summed E-state index contributed by atoms with van der Waals surface area (Å²) in [4.78, 5) is 16.6. The molecule has 1 rings (SSSR count). The van der Waals surface area contributed by atoms with Crippen molar-refractivity contribution in [2.24, 2.45) is 0 Å². The second kappa shape index (κ2) is 7.75. The third-order valence-corrected chi connectivity index (χ3v) is 4.34. The Morgan fingerprint density at radius 3 is 2.57 bits per heavy atom. The summed E-state index contributed by atoms with van der Waals surface area (Å²) < 4.78 is 0. The fourth-order valence-corrected chi connectivity index (χ4v) is 2.90. The van der Waals surface area contributed by atoms with Gasteiger partial charge in [-0.3, -0.25) is 0 Å². The summed E-state index contributed by atoms with van der Waals surface area (Å²) in [5.41, 5.74) is 1.06. The third kappa shape index (κ3) is 5.63. The van der Waals surface area contributed by atoms with Gasteiger partial charge in [0.05, 0.1) is 11.7 Å². The maximum atomic E-state index is 11.9. The van der Waals surface area contributed by atoms with E-state index >= 15 is 0 Å². The van der Waals surface area contributed by atoms with Crippen molar-refractivity contribution in [1.29, 1.82) is 0 Å². The summed E-state index contributed by atoms with van der Waals surface area (Å²) in [6.07, 6.45) is 1.37. The standard InChI is InChI=1S/C15H27N3O2S/c1-6-11(7-8-19)17-14(20)16-10(2)13-18-12(9-21-13)15(3,4)5/h9-11,19H,6-8H2,1-5H3,(H2,16,17,20). The number of hydrogen-bond acceptors (Lipinski definition) is 4. The van der Waals surface area contributed by atoms with Crippen LogP contribution in [0.2, 0.25) is 0 Å². The van der Waals surface area contributed by atoms with Crippen molar-refractivity contribution >= 4 is 17.4 Å². The highest BCUT2D eigenvalue weighted by Crippen LogP contribution is 2.26. The molecule has 5 nitrogen and oxygen atoms in total. The quantitative estimate of drug-likeness (QED) is 0.756. The van der Waals surface area contributed by atoms with E-state index in [1.165, 1.54) is 0 Å². The Bertz CT molecular complexity index is 454. The number of carbonyl (C=O) groups excluding carboxylic acids is 1. The number of hydrogen-bond donors (Lipinski definition) is 3. The molecule has 1 aromatic rings. The first-order valence-corrected chi connectivity index (χ1v) is 8.29. The second-order valence-corrected chi connectivity index (χ2v) is 7.17. The molecule has 0 fully saturated rings. The molecule has 0 aliphatic heterocycles. The molecule has 2 amide bonds. The highest BCUT2D eigenvalue weighted by Gasteiger charge is 2.20. The zero-order valence-electron chi connectivity index (χ0n) is 13.6. The maximum absolute atomic E-state index is 11.9. The SMILES string of the molecule is CCC(CCO)NC(=O)NC(C)c1nc(C(C)(C)C)cs1. The molecular weight excluding hydrogens is 286 g/mol. The van der Waals surface area contributed by atoms with Crippen LogP contribution in [0.3, 0.4) is 0 Å². The third-order valence-electron chi connectivity index (χ3n) is 3.31. The molecule has 0 bridgehead atoms. The molecular formula is C15H27N3O2S. The molecule has 0 aliphatic rings. The number of aliphatic hydroxyl groups excluding tert-OH is 1. The van der Waals surface area contributed by atoms with Crippen molar-refractivity contribution in [3.8, 4) is 0 Å². The Balaban J connectivity index is 2.58. The van der Waals surface area contributed by atoms with Crippen LogP contribution in [0.1, 0.15) is 64.2 Å². The molecule has 3 N–H and O–H groups in total. The van der Waals surface area contributed by atoms with Crippen LogP contribution in [0.5, 0.6) is 0 Å². The van der Waals surface area contributed by atoms with Gasteiger partial charge in [0.2, 0.25) is 0 Å². The van der Waals surface area contributed by atoms with Gasteiger partial charge in [-0.1, -0.05) is 27.7 Å². The van der Waals surface area contributed by atoms with E-state index in [0.717, 1.165) is 17.1 Å². The molecule has 0 saturated carbocycles. The van der Waals surface area contributed by atoms with E-state index in [2.05, 4.69) is 36.4 Å². The average molecular weight is 313 g/mol. The van der Waals surface area contributed by atoms with Crippen molar-refractivity contribution < 1.29 is 9.90 Å². The minimum absolute atomic E-state index is 0.00336. The van der Waals surface area contributed by atoms with Gasteiger partial charge in [0.15, 0.2) is 0 Å². The number of rotatable bonds is 6. The molecule has 1 heterocycles. The van der Waals surface area contributed by atoms with Crippen molar-refractivity contribution in [3.63, 3.8) is 0 Å². The van der Waals surface area contributed by atoms with E-state index in [4.69, 9.17) is 5.11 Å². The van der Waals surface area contributed by atoms with Crippen LogP contribution in [0.4, 0.5) is 4.79 Å². The Hall–Kier alpha value is -1.14. The fourth-order valence-electron chi connectivity index (χ4n) is 1.85. The summed E-state index contributed by atoms with van der Waals surface area (Å²) in [5, 5.41) is 17.7. The van der Waals surface area contributed by atoms with E-state index in [9.17, 15) is 4.79 Å². The van der Waals surface area contributed by atoms with E-state index < -0.39 is 0 Å². The molecule has 0 aliphatic carbocycles. The highest BCUT2D eigenvalue weighted by atomic mass is 32.1. The summed E-state index contributed by atoms with van der Waals surface area (Å²) in [7, 11) is 0. The lowest BCUT2D eigenvalue weighted by Crippen LogP contribution is -2.43. The van der Waals surface area contributed by atoms with Gasteiger partial charge >= 0.3 is 6.03 Å². The second-order valence-electron chi connectivity index (χ2n) is 6.28. The molecule has 2 atom stereocenters. The Labute approximate surface area is 131 Å². The van der Waals surface area contributed by atoms with Crippen LogP contribution < -0.4 is 10.6 Å². The average Bonchev–Trinajstić information content (AvgIpc) is 2.87. The van der Waals surface area contributed by atoms with E-state index in [0.29, 0.717) is 6.42 Å². The number of urea groups is 1. The van der Waals surface area contributed by atoms with Gasteiger partial charge in [0.1, 0.15) is 5.01 Å². The molecule has 2 unspecified atom stereocenters. The Morgan fingerprint density at radius 2 is 2.10 bits per heavy atom. The molecule has 0 saturated heterocycles. The molecule has 1 aromatic heterocycles. The van der Waals surface area contributed by atoms with Gasteiger partial charge in [0.25, 0.3) is 0 Å². The molecule has 0 aromatic carbocycles. The Morgan fingerprint density at radius 1 is 1.43 bits per heavy atom. The number of aromatic nitrogens is 1. The van der Waals surface area contributed by atoms with Crippen molar-refractivity contribution in [1.82, 2.24) is 15.6 Å². The summed E-state index contributed by atoms with van der Waals surface area (Å²) in [6.45, 7) is 10.4. The van der Waals surface area contributed by atoms with E-state index in [1.54, 1.807) is 11.3 Å². The predicted octanol–water partition coefficient (Wildman–Crippen LogP) is 2.96. The number of amides is 2. The van der Waals surface area contributed by atoms with Gasteiger partial charge < -0.3 is 15.7 Å². The van der Waals surface area contributed by atoms with Gasteiger partial charge in [0, 0.05) is 23.4 Å². The number of nitrogens with zero attached hydrogens (tertiary/aromatic N) is 1. The molecule has 6 heteroatoms. The minimum Gasteiger partial charge on any atom is -0.396 e. The molecule has 0 spiro atoms. The van der Waals surface area contributed by atoms with Crippen LogP contribution in [0.25, 0.3) is 0 Å². The van der Waals surface area contributed by atoms with E-state index in [-0.39, 0.29) is 30.1 Å². The van der Waals surface area contributed by atoms with Crippen LogP contribution in [-0.4, -0.2) is 28.8 Å². The van der Waals surface area contributed by atoms with Crippen molar-refractivity contribution in [2.75, 3.05) is 6.61 Å². The van der Waals surface area contributed by atoms with Crippen LogP contribution in [0.15, 0.2) is 5.38 Å². The van der Waals surface area contributed by atoms with Crippen LogP contribution >= 0.6 is 11.3 Å². The molecule has 120 valence electrons. The first-order chi connectivity index (χ1) is 9.77. The number of thiazole rings is 1. The zero-order chi connectivity index (χ0) is 16.0. The van der Waals surface area contributed by atoms with Gasteiger partial charge in [-0.15, -0.1) is 11.3 Å². The maximum Gasteiger partial charge on any atom is 0.315 e. The van der Waals surface area contributed by atoms with E-state index in [1.807, 2.05) is 19.2 Å². The normalized spacial score (nSPS) is 14.6. The summed E-state index contributed by atoms with van der Waals surface area (Å²) in [6, 6.07) is -0.336. The first-order valence-electron chi connectivity index (χ1n) is 7.41. The lowest BCUT2D eigenvalue weighted by molar-refractivity contribution is 0.225. The lowest BCUT2D eigenvalue weighted by Gasteiger charge is -2.18. The summed E-state index contributed by atoms with van der Waals surface area (Å²) >= 11 is 1.57. The number of nitrogens with one attached hydrogen (secondary N) is 2. The van der Waals surface area contributed by atoms with Crippen LogP contribution in [-0.2, 0) is 5.41 Å². The monoisotopic (exact) mass is 313 g/mol. The van der Waals surface area contributed by atoms with Crippen LogP contribution in [0, 0.1) is 0 Å². The fraction of sp³-hybridized carbons (Fsp3) is 0.733. The lowest BCUT2D eigenvalue weighted by atomic mass is 9.93. The van der Waals surface area contributed by atoms with Gasteiger partial charge in [-0.2, -0.15) is 0 Å². The van der Waals surface area contributed by atoms with Crippen molar-refractivity contribution in [3.05, 3.63) is 16.1 Å². The molecule has 21 heavy (non-hydrogen) atoms. The number of aliphatic hydroxyl groups is 1. The zero-order valence-corrected chi connectivity index (χ0v) is 14.4.